The van der Waals surface area contributed by atoms with Crippen LogP contribution in [0.25, 0.3) is 0 Å². The number of primary amides is 1. The summed E-state index contributed by atoms with van der Waals surface area (Å²) in [4.78, 5) is 29.2. The van der Waals surface area contributed by atoms with Crippen molar-refractivity contribution in [2.75, 3.05) is 26.2 Å². The van der Waals surface area contributed by atoms with Gasteiger partial charge in [-0.05, 0) is 114 Å². The van der Waals surface area contributed by atoms with Gasteiger partial charge in [0.05, 0.1) is 11.3 Å². The summed E-state index contributed by atoms with van der Waals surface area (Å²) in [5.74, 6) is -0.130. The molecule has 1 saturated heterocycles. The number of allylic oxidation sites excluding steroid dienone is 4. The highest BCUT2D eigenvalue weighted by molar-refractivity contribution is 5.92. The van der Waals surface area contributed by atoms with Gasteiger partial charge in [0.25, 0.3) is 0 Å². The van der Waals surface area contributed by atoms with Crippen LogP contribution in [0.2, 0.25) is 0 Å². The van der Waals surface area contributed by atoms with E-state index in [0.29, 0.717) is 6.54 Å². The average molecular weight is 440 g/mol. The van der Waals surface area contributed by atoms with Gasteiger partial charge in [0, 0.05) is 6.54 Å². The van der Waals surface area contributed by atoms with Gasteiger partial charge in [-0.2, -0.15) is 0 Å². The molecule has 0 aromatic carbocycles. The third-order valence-electron chi connectivity index (χ3n) is 9.48. The molecule has 4 atom stereocenters. The van der Waals surface area contributed by atoms with Crippen molar-refractivity contribution in [3.8, 4) is 0 Å². The fraction of sp³-hybridized carbons (Fsp3) is 0.778. The zero-order chi connectivity index (χ0) is 22.2. The molecular weight excluding hydrogens is 398 g/mol. The molecule has 5 aliphatic rings. The Balaban J connectivity index is 1.26. The van der Waals surface area contributed by atoms with Crippen LogP contribution in [0, 0.1) is 28.6 Å². The summed E-state index contributed by atoms with van der Waals surface area (Å²) in [5.41, 5.74) is 7.07. The van der Waals surface area contributed by atoms with Gasteiger partial charge >= 0.3 is 0 Å². The standard InChI is InChI=1S/C27H41N3O2/c28-25(32)27(13-12-20-8-2-1-3-9-20)22-11-10-21(26(22)14-15-26)23(27)24(31)29-16-4-5-17-30-18-6-7-19-30/h8,10-11,21-23H,1-7,9,12-19H2,(H2,28,32)(H,29,31)/t21-,22+,23+,27-/m1/s1. The molecule has 2 saturated carbocycles. The van der Waals surface area contributed by atoms with Gasteiger partial charge in [0.2, 0.25) is 11.8 Å². The number of nitrogens with two attached hydrogens (primary N) is 1. The second-order valence-corrected chi connectivity index (χ2v) is 11.2. The van der Waals surface area contributed by atoms with Crippen LogP contribution in [-0.2, 0) is 9.59 Å². The molecule has 5 heteroatoms. The highest BCUT2D eigenvalue weighted by atomic mass is 16.2. The minimum atomic E-state index is -0.714. The van der Waals surface area contributed by atoms with Crippen molar-refractivity contribution in [3.63, 3.8) is 0 Å². The number of likely N-dealkylation sites (tertiary alicyclic amines) is 1. The molecule has 1 heterocycles. The molecule has 5 nitrogen and oxygen atoms in total. The van der Waals surface area contributed by atoms with Crippen molar-refractivity contribution in [2.24, 2.45) is 34.3 Å². The molecule has 5 rings (SSSR count). The molecule has 4 aliphatic carbocycles. The van der Waals surface area contributed by atoms with Crippen LogP contribution in [0.3, 0.4) is 0 Å². The Bertz CT molecular complexity index is 793. The molecule has 3 fully saturated rings. The third kappa shape index (κ3) is 3.74. The molecule has 0 radical (unpaired) electrons. The Kier molecular flexibility index (Phi) is 6.21. The van der Waals surface area contributed by atoms with Gasteiger partial charge < -0.3 is 16.0 Å². The largest absolute Gasteiger partial charge is 0.369 e. The quantitative estimate of drug-likeness (QED) is 0.400. The second kappa shape index (κ2) is 8.96. The first-order valence-corrected chi connectivity index (χ1v) is 13.2. The Morgan fingerprint density at radius 2 is 1.91 bits per heavy atom. The Labute approximate surface area is 193 Å². The van der Waals surface area contributed by atoms with Crippen LogP contribution in [0.15, 0.2) is 23.8 Å². The zero-order valence-electron chi connectivity index (χ0n) is 19.6. The molecule has 0 unspecified atom stereocenters. The number of carbonyl (C=O) groups excluding carboxylic acids is 2. The SMILES string of the molecule is NC(=O)[C@@]1(CCC2=CCCCC2)[C@H](C(=O)NCCCCN2CCCC2)[C@H]2C=C[C@H]1C21CC1. The van der Waals surface area contributed by atoms with Gasteiger partial charge in [-0.3, -0.25) is 9.59 Å². The molecule has 3 N–H and O–H groups in total. The summed E-state index contributed by atoms with van der Waals surface area (Å²) in [7, 11) is 0. The Morgan fingerprint density at radius 1 is 1.09 bits per heavy atom. The summed E-state index contributed by atoms with van der Waals surface area (Å²) in [6.07, 6.45) is 20.3. The van der Waals surface area contributed by atoms with Gasteiger partial charge in [0.15, 0.2) is 0 Å². The highest BCUT2D eigenvalue weighted by Gasteiger charge is 2.75. The lowest BCUT2D eigenvalue weighted by molar-refractivity contribution is -0.142. The van der Waals surface area contributed by atoms with Crippen LogP contribution in [0.4, 0.5) is 0 Å². The molecule has 1 spiro atoms. The van der Waals surface area contributed by atoms with Crippen molar-refractivity contribution in [1.29, 1.82) is 0 Å². The van der Waals surface area contributed by atoms with E-state index in [1.807, 2.05) is 0 Å². The summed E-state index contributed by atoms with van der Waals surface area (Å²) in [6.45, 7) is 4.29. The second-order valence-electron chi connectivity index (χ2n) is 11.2. The fourth-order valence-corrected chi connectivity index (χ4v) is 7.68. The van der Waals surface area contributed by atoms with E-state index in [9.17, 15) is 9.59 Å². The number of rotatable bonds is 10. The summed E-state index contributed by atoms with van der Waals surface area (Å²) >= 11 is 0. The lowest BCUT2D eigenvalue weighted by atomic mass is 9.64. The van der Waals surface area contributed by atoms with Gasteiger partial charge in [-0.15, -0.1) is 0 Å². The number of nitrogens with one attached hydrogen (secondary N) is 1. The first-order valence-electron chi connectivity index (χ1n) is 13.2. The first kappa shape index (κ1) is 22.2. The maximum absolute atomic E-state index is 13.6. The van der Waals surface area contributed by atoms with Crippen molar-refractivity contribution in [3.05, 3.63) is 23.8 Å². The smallest absolute Gasteiger partial charge is 0.225 e. The number of amides is 2. The van der Waals surface area contributed by atoms with Gasteiger partial charge in [-0.1, -0.05) is 23.8 Å². The fourth-order valence-electron chi connectivity index (χ4n) is 7.68. The van der Waals surface area contributed by atoms with E-state index in [0.717, 1.165) is 57.9 Å². The van der Waals surface area contributed by atoms with Crippen LogP contribution in [0.1, 0.15) is 77.0 Å². The molecular formula is C27H41N3O2. The topological polar surface area (TPSA) is 75.4 Å². The number of unbranched alkanes of at least 4 members (excludes halogenated alkanes) is 1. The van der Waals surface area contributed by atoms with Crippen LogP contribution < -0.4 is 11.1 Å². The lowest BCUT2D eigenvalue weighted by Gasteiger charge is -2.39. The summed E-state index contributed by atoms with van der Waals surface area (Å²) in [5, 5.41) is 3.23. The average Bonchev–Trinajstić information content (AvgIpc) is 3.17. The van der Waals surface area contributed by atoms with Gasteiger partial charge in [-0.25, -0.2) is 0 Å². The van der Waals surface area contributed by atoms with Crippen LogP contribution in [-0.4, -0.2) is 42.9 Å². The molecule has 176 valence electrons. The molecule has 2 bridgehead atoms. The van der Waals surface area contributed by atoms with Crippen molar-refractivity contribution < 1.29 is 9.59 Å². The molecule has 2 amide bonds. The third-order valence-corrected chi connectivity index (χ3v) is 9.48. The number of carbonyl (C=O) groups is 2. The van der Waals surface area contributed by atoms with Crippen LogP contribution >= 0.6 is 0 Å². The number of nitrogens with zero attached hydrogens (tertiary/aromatic N) is 1. The van der Waals surface area contributed by atoms with E-state index >= 15 is 0 Å². The van der Waals surface area contributed by atoms with E-state index < -0.39 is 5.41 Å². The highest BCUT2D eigenvalue weighted by Crippen LogP contribution is 2.76. The minimum absolute atomic E-state index is 0.0747. The Morgan fingerprint density at radius 3 is 2.59 bits per heavy atom. The monoisotopic (exact) mass is 439 g/mol. The van der Waals surface area contributed by atoms with E-state index in [2.05, 4.69) is 28.4 Å². The maximum Gasteiger partial charge on any atom is 0.225 e. The van der Waals surface area contributed by atoms with Crippen LogP contribution in [0.5, 0.6) is 0 Å². The maximum atomic E-state index is 13.6. The predicted octanol–water partition coefficient (Wildman–Crippen LogP) is 3.94. The number of hydrogen-bond acceptors (Lipinski definition) is 3. The first-order chi connectivity index (χ1) is 15.6. The molecule has 0 aromatic rings. The van der Waals surface area contributed by atoms with Crippen molar-refractivity contribution in [2.45, 2.75) is 77.0 Å². The summed E-state index contributed by atoms with van der Waals surface area (Å²) in [6, 6.07) is 0. The number of hydrogen-bond donors (Lipinski definition) is 2. The summed E-state index contributed by atoms with van der Waals surface area (Å²) < 4.78 is 0. The zero-order valence-corrected chi connectivity index (χ0v) is 19.6. The van der Waals surface area contributed by atoms with Crippen molar-refractivity contribution in [1.82, 2.24) is 10.2 Å². The molecule has 32 heavy (non-hydrogen) atoms. The Hall–Kier alpha value is -1.62. The lowest BCUT2D eigenvalue weighted by Crippen LogP contribution is -2.52. The minimum Gasteiger partial charge on any atom is -0.369 e. The van der Waals surface area contributed by atoms with E-state index in [-0.39, 0.29) is 35.0 Å². The van der Waals surface area contributed by atoms with Gasteiger partial charge in [0.1, 0.15) is 0 Å². The molecule has 1 aliphatic heterocycles. The predicted molar refractivity (Wildman–Crippen MR) is 127 cm³/mol. The van der Waals surface area contributed by atoms with E-state index in [1.165, 1.54) is 44.3 Å². The normalized spacial score (nSPS) is 34.8. The molecule has 0 aromatic heterocycles. The van der Waals surface area contributed by atoms with E-state index in [1.54, 1.807) is 0 Å². The van der Waals surface area contributed by atoms with E-state index in [4.69, 9.17) is 5.73 Å². The van der Waals surface area contributed by atoms with Crippen molar-refractivity contribution >= 4 is 11.8 Å².